The molecule has 2 N–H and O–H groups in total. The van der Waals surface area contributed by atoms with Gasteiger partial charge in [0.1, 0.15) is 11.9 Å². The molecule has 0 unspecified atom stereocenters. The van der Waals surface area contributed by atoms with E-state index in [9.17, 15) is 10.1 Å². The lowest BCUT2D eigenvalue weighted by Gasteiger charge is -2.30. The number of carbonyl (C=O) groups excluding carboxylic acids is 1. The summed E-state index contributed by atoms with van der Waals surface area (Å²) in [6.07, 6.45) is 2.87. The summed E-state index contributed by atoms with van der Waals surface area (Å²) in [5, 5.41) is 11.4. The summed E-state index contributed by atoms with van der Waals surface area (Å²) in [4.78, 5) is 19.7. The molecule has 1 amide bonds. The molecule has 23 heavy (non-hydrogen) atoms. The van der Waals surface area contributed by atoms with E-state index in [4.69, 9.17) is 5.73 Å². The van der Waals surface area contributed by atoms with Crippen molar-refractivity contribution in [1.29, 1.82) is 5.26 Å². The lowest BCUT2D eigenvalue weighted by Crippen LogP contribution is -2.37. The largest absolute Gasteiger partial charge is 0.383 e. The molecule has 0 saturated heterocycles. The van der Waals surface area contributed by atoms with E-state index < -0.39 is 0 Å². The number of nitrogen functional groups attached to an aromatic ring is 1. The van der Waals surface area contributed by atoms with E-state index in [2.05, 4.69) is 11.1 Å². The first kappa shape index (κ1) is 14.2. The Morgan fingerprint density at radius 1 is 1.48 bits per heavy atom. The van der Waals surface area contributed by atoms with Crippen LogP contribution in [0.1, 0.15) is 50.8 Å². The van der Waals surface area contributed by atoms with Crippen molar-refractivity contribution in [2.45, 2.75) is 31.7 Å². The summed E-state index contributed by atoms with van der Waals surface area (Å²) in [7, 11) is 0. The van der Waals surface area contributed by atoms with Gasteiger partial charge in [-0.2, -0.15) is 5.26 Å². The standard InChI is InChI=1S/C17H16N4OS/c18-8-11-15(10-3-4-10)12-9-21(6-5-13(12)20-16(11)19)17(22)14-2-1-7-23-14/h1-2,7,10H,3-6,9H2,(H2,19,20). The second-order valence-electron chi connectivity index (χ2n) is 6.05. The number of nitrogens with zero attached hydrogens (tertiary/aromatic N) is 3. The summed E-state index contributed by atoms with van der Waals surface area (Å²) in [6, 6.07) is 5.96. The molecule has 0 bridgehead atoms. The molecule has 1 fully saturated rings. The van der Waals surface area contributed by atoms with Crippen LogP contribution in [0.3, 0.4) is 0 Å². The lowest BCUT2D eigenvalue weighted by atomic mass is 9.93. The Labute approximate surface area is 138 Å². The lowest BCUT2D eigenvalue weighted by molar-refractivity contribution is 0.0738. The maximum Gasteiger partial charge on any atom is 0.264 e. The maximum atomic E-state index is 12.6. The van der Waals surface area contributed by atoms with Crippen molar-refractivity contribution < 1.29 is 4.79 Å². The fourth-order valence-corrected chi connectivity index (χ4v) is 3.97. The molecule has 4 rings (SSSR count). The van der Waals surface area contributed by atoms with Gasteiger partial charge in [0.05, 0.1) is 10.4 Å². The molecule has 116 valence electrons. The Kier molecular flexibility index (Phi) is 3.31. The van der Waals surface area contributed by atoms with Gasteiger partial charge in [0.25, 0.3) is 5.91 Å². The maximum absolute atomic E-state index is 12.6. The number of pyridine rings is 1. The molecular formula is C17H16N4OS. The third-order valence-corrected chi connectivity index (χ3v) is 5.40. The average molecular weight is 324 g/mol. The number of hydrogen-bond acceptors (Lipinski definition) is 5. The fourth-order valence-electron chi connectivity index (χ4n) is 3.28. The van der Waals surface area contributed by atoms with Gasteiger partial charge in [-0.1, -0.05) is 6.07 Å². The first-order valence-electron chi connectivity index (χ1n) is 7.73. The van der Waals surface area contributed by atoms with E-state index in [0.29, 0.717) is 36.8 Å². The number of fused-ring (bicyclic) bond motifs is 1. The van der Waals surface area contributed by atoms with Crippen LogP contribution >= 0.6 is 11.3 Å². The van der Waals surface area contributed by atoms with Crippen LogP contribution in [0.4, 0.5) is 5.82 Å². The third kappa shape index (κ3) is 2.37. The second-order valence-corrected chi connectivity index (χ2v) is 7.00. The molecule has 1 aliphatic heterocycles. The molecular weight excluding hydrogens is 308 g/mol. The van der Waals surface area contributed by atoms with E-state index in [1.807, 2.05) is 22.4 Å². The molecule has 6 heteroatoms. The van der Waals surface area contributed by atoms with Crippen molar-refractivity contribution >= 4 is 23.1 Å². The number of anilines is 1. The first-order chi connectivity index (χ1) is 11.2. The zero-order valence-electron chi connectivity index (χ0n) is 12.6. The summed E-state index contributed by atoms with van der Waals surface area (Å²) in [6.45, 7) is 1.17. The third-order valence-electron chi connectivity index (χ3n) is 4.54. The van der Waals surface area contributed by atoms with Gasteiger partial charge in [-0.05, 0) is 41.3 Å². The number of amides is 1. The highest BCUT2D eigenvalue weighted by atomic mass is 32.1. The Morgan fingerprint density at radius 2 is 2.30 bits per heavy atom. The highest BCUT2D eigenvalue weighted by Crippen LogP contribution is 2.45. The number of nitriles is 1. The van der Waals surface area contributed by atoms with Crippen LogP contribution in [-0.4, -0.2) is 22.3 Å². The van der Waals surface area contributed by atoms with E-state index in [1.165, 1.54) is 11.3 Å². The number of rotatable bonds is 2. The van der Waals surface area contributed by atoms with E-state index >= 15 is 0 Å². The Morgan fingerprint density at radius 3 is 2.96 bits per heavy atom. The van der Waals surface area contributed by atoms with Gasteiger partial charge in [-0.25, -0.2) is 4.98 Å². The molecule has 0 aromatic carbocycles. The van der Waals surface area contributed by atoms with Crippen molar-refractivity contribution in [1.82, 2.24) is 9.88 Å². The summed E-state index contributed by atoms with van der Waals surface area (Å²) in [5.74, 6) is 0.800. The molecule has 0 spiro atoms. The number of carbonyl (C=O) groups is 1. The van der Waals surface area contributed by atoms with Crippen LogP contribution in [0.25, 0.3) is 0 Å². The summed E-state index contributed by atoms with van der Waals surface area (Å²) >= 11 is 1.46. The minimum atomic E-state index is 0.0581. The minimum Gasteiger partial charge on any atom is -0.383 e. The van der Waals surface area contributed by atoms with Crippen molar-refractivity contribution in [3.8, 4) is 6.07 Å². The Hall–Kier alpha value is -2.39. The number of nitrogens with two attached hydrogens (primary N) is 1. The van der Waals surface area contributed by atoms with Crippen molar-refractivity contribution in [2.75, 3.05) is 12.3 Å². The van der Waals surface area contributed by atoms with Crippen LogP contribution < -0.4 is 5.73 Å². The molecule has 2 aromatic rings. The Bertz CT molecular complexity index is 818. The molecule has 2 aromatic heterocycles. The predicted molar refractivity (Wildman–Crippen MR) is 88.1 cm³/mol. The van der Waals surface area contributed by atoms with Crippen molar-refractivity contribution in [3.05, 3.63) is 44.8 Å². The molecule has 0 atom stereocenters. The summed E-state index contributed by atoms with van der Waals surface area (Å²) < 4.78 is 0. The normalized spacial score (nSPS) is 16.7. The predicted octanol–water partition coefficient (Wildman–Crippen LogP) is 2.67. The van der Waals surface area contributed by atoms with Gasteiger partial charge in [-0.3, -0.25) is 4.79 Å². The van der Waals surface area contributed by atoms with Gasteiger partial charge >= 0.3 is 0 Å². The number of aromatic nitrogens is 1. The van der Waals surface area contributed by atoms with Crippen LogP contribution in [-0.2, 0) is 13.0 Å². The minimum absolute atomic E-state index is 0.0581. The molecule has 1 saturated carbocycles. The molecule has 3 heterocycles. The van der Waals surface area contributed by atoms with E-state index in [-0.39, 0.29) is 5.91 Å². The van der Waals surface area contributed by atoms with Gasteiger partial charge in [0.15, 0.2) is 0 Å². The quantitative estimate of drug-likeness (QED) is 0.920. The number of thiophene rings is 1. The highest BCUT2D eigenvalue weighted by Gasteiger charge is 2.34. The fraction of sp³-hybridized carbons (Fsp3) is 0.353. The SMILES string of the molecule is N#Cc1c(N)nc2c(c1C1CC1)CN(C(=O)c1cccs1)CC2. The van der Waals surface area contributed by atoms with Crippen LogP contribution in [0.15, 0.2) is 17.5 Å². The van der Waals surface area contributed by atoms with Gasteiger partial charge in [-0.15, -0.1) is 11.3 Å². The van der Waals surface area contributed by atoms with Crippen LogP contribution in [0.5, 0.6) is 0 Å². The highest BCUT2D eigenvalue weighted by molar-refractivity contribution is 7.12. The van der Waals surface area contributed by atoms with Gasteiger partial charge in [0, 0.05) is 25.2 Å². The zero-order chi connectivity index (χ0) is 16.0. The molecule has 0 radical (unpaired) electrons. The molecule has 1 aliphatic carbocycles. The number of hydrogen-bond donors (Lipinski definition) is 1. The monoisotopic (exact) mass is 324 g/mol. The first-order valence-corrected chi connectivity index (χ1v) is 8.61. The average Bonchev–Trinajstić information content (AvgIpc) is 3.25. The van der Waals surface area contributed by atoms with Crippen LogP contribution in [0, 0.1) is 11.3 Å². The zero-order valence-corrected chi connectivity index (χ0v) is 13.4. The van der Waals surface area contributed by atoms with Gasteiger partial charge < -0.3 is 10.6 Å². The molecule has 2 aliphatic rings. The summed E-state index contributed by atoms with van der Waals surface area (Å²) in [5.41, 5.74) is 9.54. The van der Waals surface area contributed by atoms with Crippen molar-refractivity contribution in [2.24, 2.45) is 0 Å². The van der Waals surface area contributed by atoms with E-state index in [1.54, 1.807) is 0 Å². The second kappa shape index (κ2) is 5.36. The molecule has 5 nitrogen and oxygen atoms in total. The smallest absolute Gasteiger partial charge is 0.264 e. The van der Waals surface area contributed by atoms with Crippen molar-refractivity contribution in [3.63, 3.8) is 0 Å². The van der Waals surface area contributed by atoms with Crippen LogP contribution in [0.2, 0.25) is 0 Å². The van der Waals surface area contributed by atoms with E-state index in [0.717, 1.165) is 34.5 Å². The van der Waals surface area contributed by atoms with Gasteiger partial charge in [0.2, 0.25) is 0 Å². The Balaban J connectivity index is 1.74. The topological polar surface area (TPSA) is 83.0 Å².